The Hall–Kier alpha value is -0.180. The van der Waals surface area contributed by atoms with Gasteiger partial charge in [0.15, 0.2) is 13.1 Å². The van der Waals surface area contributed by atoms with E-state index in [0.29, 0.717) is 13.1 Å². The van der Waals surface area contributed by atoms with E-state index in [-0.39, 0.29) is 45.8 Å². The van der Waals surface area contributed by atoms with Crippen LogP contribution in [0.5, 0.6) is 0 Å². The first-order valence-electron chi connectivity index (χ1n) is 15.3. The molecule has 230 valence electrons. The summed E-state index contributed by atoms with van der Waals surface area (Å²) in [5.41, 5.74) is 0. The number of halogens is 2. The Balaban J connectivity index is -0.00000612. The molecule has 0 heterocycles. The summed E-state index contributed by atoms with van der Waals surface area (Å²) >= 11 is 0. The summed E-state index contributed by atoms with van der Waals surface area (Å²) in [6.07, 6.45) is 19.7. The number of rotatable bonds is 25. The van der Waals surface area contributed by atoms with Gasteiger partial charge in [0, 0.05) is 13.1 Å². The number of amides is 2. The van der Waals surface area contributed by atoms with Crippen LogP contribution in [0.25, 0.3) is 0 Å². The molecule has 0 atom stereocenters. The van der Waals surface area contributed by atoms with Crippen molar-refractivity contribution >= 4 is 11.8 Å². The predicted octanol–water partition coefficient (Wildman–Crippen LogP) is -0.339. The number of carbonyl (C=O) groups is 2. The number of nitrogens with one attached hydrogen (secondary N) is 2. The quantitative estimate of drug-likeness (QED) is 0.103. The van der Waals surface area contributed by atoms with Gasteiger partial charge in [0.05, 0.1) is 41.3 Å². The number of quaternary nitrogens is 2. The Morgan fingerprint density at radius 2 is 0.763 bits per heavy atom. The number of likely N-dealkylation sites (N-methyl/N-ethyl adjacent to an activating group) is 2. The lowest BCUT2D eigenvalue weighted by Crippen LogP contribution is -3.00. The minimum absolute atomic E-state index is 0. The van der Waals surface area contributed by atoms with Crippen LogP contribution in [-0.4, -0.2) is 88.2 Å². The normalized spacial score (nSPS) is 11.4. The van der Waals surface area contributed by atoms with Crippen LogP contribution in [-0.2, 0) is 9.59 Å². The summed E-state index contributed by atoms with van der Waals surface area (Å²) in [6, 6.07) is 0. The number of hydrogen-bond donors (Lipinski definition) is 2. The van der Waals surface area contributed by atoms with E-state index >= 15 is 0 Å². The minimum atomic E-state index is 0. The molecule has 2 N–H and O–H groups in total. The maximum Gasteiger partial charge on any atom is 0.275 e. The highest BCUT2D eigenvalue weighted by atomic mass is 79.9. The molecular weight excluding hydrogens is 608 g/mol. The SMILES string of the molecule is CCCCCCCCNC(=O)C[N+](C)(C)CCCCCC[N+](C)(C)CC(=O)NCCCCCCCC.[Br-].[Br-]. The average molecular weight is 673 g/mol. The highest BCUT2D eigenvalue weighted by molar-refractivity contribution is 5.77. The van der Waals surface area contributed by atoms with Crippen LogP contribution in [0.3, 0.4) is 0 Å². The molecule has 8 heteroatoms. The molecule has 0 aliphatic rings. The number of carbonyl (C=O) groups excluding carboxylic acids is 2. The van der Waals surface area contributed by atoms with Crippen LogP contribution >= 0.6 is 0 Å². The molecular formula is C30H64Br2N4O2. The van der Waals surface area contributed by atoms with Crippen molar-refractivity contribution in [2.45, 2.75) is 117 Å². The second-order valence-corrected chi connectivity index (χ2v) is 12.3. The summed E-state index contributed by atoms with van der Waals surface area (Å²) in [5.74, 6) is 0.366. The van der Waals surface area contributed by atoms with Crippen LogP contribution in [0.2, 0.25) is 0 Å². The smallest absolute Gasteiger partial charge is 0.275 e. The molecule has 6 nitrogen and oxygen atoms in total. The Morgan fingerprint density at radius 1 is 0.474 bits per heavy atom. The van der Waals surface area contributed by atoms with E-state index in [4.69, 9.17) is 0 Å². The number of hydrogen-bond acceptors (Lipinski definition) is 2. The van der Waals surface area contributed by atoms with Gasteiger partial charge in [-0.2, -0.15) is 0 Å². The fourth-order valence-corrected chi connectivity index (χ4v) is 4.75. The molecule has 0 aromatic heterocycles. The molecule has 0 fully saturated rings. The molecule has 0 bridgehead atoms. The van der Waals surface area contributed by atoms with Crippen molar-refractivity contribution < 1.29 is 52.5 Å². The first-order chi connectivity index (χ1) is 17.1. The lowest BCUT2D eigenvalue weighted by Gasteiger charge is -2.30. The maximum atomic E-state index is 12.3. The van der Waals surface area contributed by atoms with Crippen molar-refractivity contribution in [1.82, 2.24) is 10.6 Å². The van der Waals surface area contributed by atoms with Gasteiger partial charge in [0.1, 0.15) is 0 Å². The predicted molar refractivity (Wildman–Crippen MR) is 155 cm³/mol. The summed E-state index contributed by atoms with van der Waals surface area (Å²) < 4.78 is 1.51. The van der Waals surface area contributed by atoms with E-state index in [1.807, 2.05) is 0 Å². The summed E-state index contributed by atoms with van der Waals surface area (Å²) in [4.78, 5) is 24.6. The molecule has 0 unspecified atom stereocenters. The Labute approximate surface area is 258 Å². The summed E-state index contributed by atoms with van der Waals surface area (Å²) in [5, 5.41) is 6.22. The molecule has 0 radical (unpaired) electrons. The second-order valence-electron chi connectivity index (χ2n) is 12.3. The third kappa shape index (κ3) is 28.8. The van der Waals surface area contributed by atoms with Gasteiger partial charge < -0.3 is 53.6 Å². The van der Waals surface area contributed by atoms with Gasteiger partial charge in [0.2, 0.25) is 0 Å². The lowest BCUT2D eigenvalue weighted by molar-refractivity contribution is -0.883. The molecule has 0 aromatic rings. The van der Waals surface area contributed by atoms with Crippen molar-refractivity contribution in [2.75, 3.05) is 67.5 Å². The Morgan fingerprint density at radius 3 is 1.11 bits per heavy atom. The van der Waals surface area contributed by atoms with E-state index in [0.717, 1.165) is 60.8 Å². The monoisotopic (exact) mass is 670 g/mol. The Kier molecular flexibility index (Phi) is 30.1. The van der Waals surface area contributed by atoms with Crippen molar-refractivity contribution in [3.63, 3.8) is 0 Å². The zero-order valence-corrected chi connectivity index (χ0v) is 29.2. The third-order valence-corrected chi connectivity index (χ3v) is 7.13. The van der Waals surface area contributed by atoms with Gasteiger partial charge in [0.25, 0.3) is 11.8 Å². The molecule has 0 aliphatic heterocycles. The molecule has 0 saturated carbocycles. The average Bonchev–Trinajstić information content (AvgIpc) is 2.79. The first kappa shape index (κ1) is 42.3. The molecule has 38 heavy (non-hydrogen) atoms. The Bertz CT molecular complexity index is 512. The van der Waals surface area contributed by atoms with Crippen LogP contribution < -0.4 is 44.6 Å². The highest BCUT2D eigenvalue weighted by Gasteiger charge is 2.21. The molecule has 0 spiro atoms. The molecule has 0 aromatic carbocycles. The number of unbranched alkanes of at least 4 members (excludes halogenated alkanes) is 13. The zero-order valence-electron chi connectivity index (χ0n) is 26.0. The van der Waals surface area contributed by atoms with E-state index in [2.05, 4.69) is 52.7 Å². The number of nitrogens with zero attached hydrogens (tertiary/aromatic N) is 2. The molecule has 0 saturated heterocycles. The van der Waals surface area contributed by atoms with Gasteiger partial charge in [-0.1, -0.05) is 78.1 Å². The molecule has 0 aliphatic carbocycles. The van der Waals surface area contributed by atoms with Crippen molar-refractivity contribution in [3.8, 4) is 0 Å². The van der Waals surface area contributed by atoms with E-state index < -0.39 is 0 Å². The van der Waals surface area contributed by atoms with Gasteiger partial charge in [-0.15, -0.1) is 0 Å². The van der Waals surface area contributed by atoms with Gasteiger partial charge in [-0.25, -0.2) is 0 Å². The van der Waals surface area contributed by atoms with Crippen molar-refractivity contribution in [3.05, 3.63) is 0 Å². The van der Waals surface area contributed by atoms with E-state index in [1.54, 1.807) is 0 Å². The zero-order chi connectivity index (χ0) is 27.1. The third-order valence-electron chi connectivity index (χ3n) is 7.13. The second kappa shape index (κ2) is 27.0. The van der Waals surface area contributed by atoms with E-state index in [9.17, 15) is 9.59 Å². The standard InChI is InChI=1S/C30H62N4O2.2BrH/c1-7-9-11-13-15-19-23-31-29(35)27-33(3,4)25-21-17-18-22-26-34(5,6)28-30(36)32-24-20-16-14-12-10-8-2;;/h7-28H2,1-6H3;2*1H. The van der Waals surface area contributed by atoms with Gasteiger partial charge >= 0.3 is 0 Å². The topological polar surface area (TPSA) is 58.2 Å². The van der Waals surface area contributed by atoms with Crippen LogP contribution in [0.1, 0.15) is 117 Å². The molecule has 2 amide bonds. The van der Waals surface area contributed by atoms with E-state index in [1.165, 1.54) is 77.0 Å². The minimum Gasteiger partial charge on any atom is -1.00 e. The van der Waals surface area contributed by atoms with Crippen LogP contribution in [0.15, 0.2) is 0 Å². The lowest BCUT2D eigenvalue weighted by atomic mass is 10.1. The van der Waals surface area contributed by atoms with Crippen molar-refractivity contribution in [2.24, 2.45) is 0 Å². The van der Waals surface area contributed by atoms with Crippen LogP contribution in [0.4, 0.5) is 0 Å². The summed E-state index contributed by atoms with van der Waals surface area (Å²) in [7, 11) is 8.64. The fourth-order valence-electron chi connectivity index (χ4n) is 4.75. The van der Waals surface area contributed by atoms with Crippen molar-refractivity contribution in [1.29, 1.82) is 0 Å². The highest BCUT2D eigenvalue weighted by Crippen LogP contribution is 2.09. The first-order valence-corrected chi connectivity index (χ1v) is 15.3. The van der Waals surface area contributed by atoms with Crippen LogP contribution in [0, 0.1) is 0 Å². The maximum absolute atomic E-state index is 12.3. The largest absolute Gasteiger partial charge is 1.00 e. The fraction of sp³-hybridized carbons (Fsp3) is 0.933. The molecule has 0 rings (SSSR count). The van der Waals surface area contributed by atoms with Gasteiger partial charge in [-0.3, -0.25) is 9.59 Å². The summed E-state index contributed by atoms with van der Waals surface area (Å²) in [6.45, 7) is 9.29. The van der Waals surface area contributed by atoms with Gasteiger partial charge in [-0.05, 0) is 38.5 Å².